The average molecular weight is 286 g/mol. The van der Waals surface area contributed by atoms with Gasteiger partial charge in [-0.15, -0.1) is 0 Å². The molecular weight excluding hydrogens is 264 g/mol. The Bertz CT molecular complexity index is 558. The largest absolute Gasteiger partial charge is 0.484 e. The Morgan fingerprint density at radius 3 is 2.81 bits per heavy atom. The Balaban J connectivity index is 1.89. The Morgan fingerprint density at radius 2 is 2.24 bits per heavy atom. The average Bonchev–Trinajstić information content (AvgIpc) is 3.30. The summed E-state index contributed by atoms with van der Waals surface area (Å²) in [5.41, 5.74) is 0.410. The van der Waals surface area contributed by atoms with Gasteiger partial charge >= 0.3 is 0 Å². The van der Waals surface area contributed by atoms with Crippen LogP contribution < -0.4 is 10.1 Å². The molecule has 1 atom stereocenters. The second-order valence-corrected chi connectivity index (χ2v) is 6.15. The van der Waals surface area contributed by atoms with Crippen molar-refractivity contribution >= 4 is 5.91 Å². The first-order valence-electron chi connectivity index (χ1n) is 7.39. The molecule has 0 heterocycles. The zero-order valence-corrected chi connectivity index (χ0v) is 12.8. The molecular formula is C17H22N2O2. The van der Waals surface area contributed by atoms with Gasteiger partial charge in [-0.25, -0.2) is 0 Å². The van der Waals surface area contributed by atoms with E-state index in [1.165, 1.54) is 5.56 Å². The first kappa shape index (κ1) is 15.4. The van der Waals surface area contributed by atoms with E-state index in [9.17, 15) is 10.1 Å². The summed E-state index contributed by atoms with van der Waals surface area (Å²) in [4.78, 5) is 12.0. The third-order valence-corrected chi connectivity index (χ3v) is 3.92. The number of nitrogens with one attached hydrogen (secondary N) is 1. The summed E-state index contributed by atoms with van der Waals surface area (Å²) in [5, 5.41) is 12.0. The minimum atomic E-state index is -0.764. The lowest BCUT2D eigenvalue weighted by Crippen LogP contribution is -2.48. The van der Waals surface area contributed by atoms with E-state index in [0.29, 0.717) is 11.7 Å². The number of amides is 1. The minimum Gasteiger partial charge on any atom is -0.484 e. The van der Waals surface area contributed by atoms with Gasteiger partial charge in [-0.2, -0.15) is 5.26 Å². The van der Waals surface area contributed by atoms with Gasteiger partial charge in [0.2, 0.25) is 0 Å². The van der Waals surface area contributed by atoms with E-state index in [4.69, 9.17) is 4.74 Å². The van der Waals surface area contributed by atoms with Gasteiger partial charge in [0.1, 0.15) is 11.3 Å². The zero-order chi connectivity index (χ0) is 15.5. The predicted octanol–water partition coefficient (Wildman–Crippen LogP) is 3.00. The summed E-state index contributed by atoms with van der Waals surface area (Å²) in [6.07, 6.45) is 2.00. The minimum absolute atomic E-state index is 0.0639. The van der Waals surface area contributed by atoms with Gasteiger partial charge in [0.25, 0.3) is 5.91 Å². The second-order valence-electron chi connectivity index (χ2n) is 6.15. The number of hydrogen-bond donors (Lipinski definition) is 1. The molecule has 0 aliphatic heterocycles. The molecule has 0 aromatic heterocycles. The molecule has 0 unspecified atom stereocenters. The molecule has 21 heavy (non-hydrogen) atoms. The van der Waals surface area contributed by atoms with Crippen LogP contribution in [0, 0.1) is 17.2 Å². The summed E-state index contributed by atoms with van der Waals surface area (Å²) >= 11 is 0. The van der Waals surface area contributed by atoms with E-state index in [2.05, 4.69) is 25.2 Å². The number of carbonyl (C=O) groups is 1. The number of ether oxygens (including phenoxy) is 1. The smallest absolute Gasteiger partial charge is 0.259 e. The van der Waals surface area contributed by atoms with Crippen molar-refractivity contribution in [3.8, 4) is 11.8 Å². The molecule has 1 fully saturated rings. The summed E-state index contributed by atoms with van der Waals surface area (Å²) in [6, 6.07) is 9.95. The Kier molecular flexibility index (Phi) is 4.52. The van der Waals surface area contributed by atoms with Crippen molar-refractivity contribution in [1.29, 1.82) is 5.26 Å². The third-order valence-electron chi connectivity index (χ3n) is 3.92. The topological polar surface area (TPSA) is 62.1 Å². The van der Waals surface area contributed by atoms with Crippen LogP contribution in [0.3, 0.4) is 0 Å². The highest BCUT2D eigenvalue weighted by atomic mass is 16.5. The predicted molar refractivity (Wildman–Crippen MR) is 80.9 cm³/mol. The number of carbonyl (C=O) groups excluding carboxylic acids is 1. The van der Waals surface area contributed by atoms with Gasteiger partial charge in [-0.05, 0) is 49.3 Å². The molecule has 0 bridgehead atoms. The molecule has 1 aromatic carbocycles. The lowest BCUT2D eigenvalue weighted by Gasteiger charge is -2.22. The molecule has 1 amide bonds. The van der Waals surface area contributed by atoms with Crippen molar-refractivity contribution in [3.63, 3.8) is 0 Å². The third kappa shape index (κ3) is 3.98. The summed E-state index contributed by atoms with van der Waals surface area (Å²) < 4.78 is 5.53. The highest BCUT2D eigenvalue weighted by Gasteiger charge is 2.43. The van der Waals surface area contributed by atoms with Gasteiger partial charge < -0.3 is 10.1 Å². The molecule has 0 saturated heterocycles. The number of rotatable bonds is 6. The molecule has 0 radical (unpaired) electrons. The highest BCUT2D eigenvalue weighted by molar-refractivity contribution is 5.79. The van der Waals surface area contributed by atoms with Crippen LogP contribution in [-0.2, 0) is 4.79 Å². The van der Waals surface area contributed by atoms with E-state index in [1.54, 1.807) is 6.92 Å². The number of nitrogens with zero attached hydrogens (tertiary/aromatic N) is 1. The number of hydrogen-bond acceptors (Lipinski definition) is 3. The van der Waals surface area contributed by atoms with Crippen LogP contribution >= 0.6 is 0 Å². The van der Waals surface area contributed by atoms with Gasteiger partial charge in [-0.3, -0.25) is 4.79 Å². The molecule has 4 nitrogen and oxygen atoms in total. The monoisotopic (exact) mass is 286 g/mol. The highest BCUT2D eigenvalue weighted by Crippen LogP contribution is 2.39. The molecule has 0 spiro atoms. The van der Waals surface area contributed by atoms with E-state index in [-0.39, 0.29) is 18.4 Å². The standard InChI is InChI=1S/C17H22N2O2/c1-12(2)13-5-4-6-15(9-13)21-10-16(20)19-17(3,11-18)14-7-8-14/h4-6,9,12,14H,7-8,10H2,1-3H3,(H,19,20)/t17-/m0/s1. The number of benzene rings is 1. The fourth-order valence-electron chi connectivity index (χ4n) is 2.32. The van der Waals surface area contributed by atoms with Gasteiger partial charge in [0.15, 0.2) is 6.61 Å². The summed E-state index contributed by atoms with van der Waals surface area (Å²) in [5.74, 6) is 1.12. The van der Waals surface area contributed by atoms with Crippen LogP contribution in [0.1, 0.15) is 45.1 Å². The van der Waals surface area contributed by atoms with Gasteiger partial charge in [0.05, 0.1) is 6.07 Å². The Morgan fingerprint density at radius 1 is 1.52 bits per heavy atom. The summed E-state index contributed by atoms with van der Waals surface area (Å²) in [7, 11) is 0. The molecule has 112 valence electrons. The zero-order valence-electron chi connectivity index (χ0n) is 12.8. The molecule has 1 saturated carbocycles. The molecule has 1 aromatic rings. The van der Waals surface area contributed by atoms with Gasteiger partial charge in [-0.1, -0.05) is 26.0 Å². The van der Waals surface area contributed by atoms with Crippen molar-refractivity contribution in [3.05, 3.63) is 29.8 Å². The molecule has 1 N–H and O–H groups in total. The van der Waals surface area contributed by atoms with Crippen LogP contribution in [0.4, 0.5) is 0 Å². The maximum Gasteiger partial charge on any atom is 0.259 e. The normalized spacial score (nSPS) is 16.9. The molecule has 1 aliphatic carbocycles. The van der Waals surface area contributed by atoms with Crippen LogP contribution in [0.25, 0.3) is 0 Å². The van der Waals surface area contributed by atoms with Crippen LogP contribution in [0.15, 0.2) is 24.3 Å². The maximum absolute atomic E-state index is 12.0. The quantitative estimate of drug-likeness (QED) is 0.874. The molecule has 4 heteroatoms. The van der Waals surface area contributed by atoms with Crippen LogP contribution in [0.2, 0.25) is 0 Å². The van der Waals surface area contributed by atoms with Crippen molar-refractivity contribution in [2.24, 2.45) is 5.92 Å². The Labute approximate surface area is 126 Å². The van der Waals surface area contributed by atoms with Crippen molar-refractivity contribution in [2.75, 3.05) is 6.61 Å². The Hall–Kier alpha value is -2.02. The lowest BCUT2D eigenvalue weighted by atomic mass is 9.98. The van der Waals surface area contributed by atoms with E-state index >= 15 is 0 Å². The molecule has 1 aliphatic rings. The molecule has 2 rings (SSSR count). The van der Waals surface area contributed by atoms with Crippen LogP contribution in [0.5, 0.6) is 5.75 Å². The van der Waals surface area contributed by atoms with Gasteiger partial charge in [0, 0.05) is 0 Å². The first-order chi connectivity index (χ1) is 9.94. The number of nitriles is 1. The van der Waals surface area contributed by atoms with Crippen LogP contribution in [-0.4, -0.2) is 18.1 Å². The summed E-state index contributed by atoms with van der Waals surface area (Å²) in [6.45, 7) is 5.94. The van der Waals surface area contributed by atoms with Crippen molar-refractivity contribution in [2.45, 2.75) is 45.1 Å². The van der Waals surface area contributed by atoms with E-state index in [1.807, 2.05) is 24.3 Å². The lowest BCUT2D eigenvalue weighted by molar-refractivity contribution is -0.124. The first-order valence-corrected chi connectivity index (χ1v) is 7.39. The van der Waals surface area contributed by atoms with E-state index < -0.39 is 5.54 Å². The second kappa shape index (κ2) is 6.17. The van der Waals surface area contributed by atoms with Crippen molar-refractivity contribution in [1.82, 2.24) is 5.32 Å². The fraction of sp³-hybridized carbons (Fsp3) is 0.529. The maximum atomic E-state index is 12.0. The fourth-order valence-corrected chi connectivity index (χ4v) is 2.32. The van der Waals surface area contributed by atoms with Crippen molar-refractivity contribution < 1.29 is 9.53 Å². The SMILES string of the molecule is CC(C)c1cccc(OCC(=O)N[C@@](C)(C#N)C2CC2)c1. The van der Waals surface area contributed by atoms with E-state index in [0.717, 1.165) is 12.8 Å².